The number of carbonyl (C=O) groups is 2. The van der Waals surface area contributed by atoms with E-state index in [1.807, 2.05) is 42.5 Å². The molecule has 7 heteroatoms. The third kappa shape index (κ3) is 4.55. The molecule has 0 unspecified atom stereocenters. The van der Waals surface area contributed by atoms with Crippen LogP contribution in [-0.2, 0) is 27.2 Å². The van der Waals surface area contributed by atoms with Crippen molar-refractivity contribution in [1.29, 1.82) is 0 Å². The largest absolute Gasteiger partial charge is 0.466 e. The average molecular weight is 381 g/mol. The normalized spacial score (nSPS) is 13.8. The van der Waals surface area contributed by atoms with Crippen LogP contribution in [0.15, 0.2) is 59.9 Å². The number of hydrogen-bond acceptors (Lipinski definition) is 6. The van der Waals surface area contributed by atoms with Crippen LogP contribution >= 0.6 is 0 Å². The Morgan fingerprint density at radius 1 is 1.21 bits per heavy atom. The van der Waals surface area contributed by atoms with Crippen LogP contribution in [-0.4, -0.2) is 53.7 Å². The van der Waals surface area contributed by atoms with Crippen LogP contribution in [0.4, 0.5) is 5.69 Å². The number of methoxy groups -OCH3 is 1. The number of benzene rings is 1. The molecule has 28 heavy (non-hydrogen) atoms. The van der Waals surface area contributed by atoms with Gasteiger partial charge >= 0.3 is 5.97 Å². The molecule has 146 valence electrons. The molecule has 1 aromatic heterocycles. The Bertz CT molecular complexity index is 863. The lowest BCUT2D eigenvalue weighted by molar-refractivity contribution is -0.136. The van der Waals surface area contributed by atoms with Gasteiger partial charge in [-0.3, -0.25) is 9.78 Å². The quantitative estimate of drug-likeness (QED) is 0.674. The van der Waals surface area contributed by atoms with E-state index in [1.54, 1.807) is 6.20 Å². The molecule has 3 rings (SSSR count). The summed E-state index contributed by atoms with van der Waals surface area (Å²) in [6, 6.07) is 13.6. The Labute approximate surface area is 163 Å². The number of aromatic nitrogens is 1. The number of amides is 1. The highest BCUT2D eigenvalue weighted by atomic mass is 16.5. The van der Waals surface area contributed by atoms with E-state index < -0.39 is 5.97 Å². The molecule has 0 atom stereocenters. The lowest BCUT2D eigenvalue weighted by Crippen LogP contribution is -2.31. The van der Waals surface area contributed by atoms with Crippen molar-refractivity contribution < 1.29 is 19.4 Å². The van der Waals surface area contributed by atoms with Gasteiger partial charge in [0.05, 0.1) is 25.8 Å². The summed E-state index contributed by atoms with van der Waals surface area (Å²) in [5.41, 5.74) is 3.36. The minimum absolute atomic E-state index is 0.122. The number of nitrogens with one attached hydrogen (secondary N) is 1. The Hall–Kier alpha value is -3.19. The van der Waals surface area contributed by atoms with Crippen molar-refractivity contribution in [2.24, 2.45) is 0 Å². The van der Waals surface area contributed by atoms with Gasteiger partial charge in [0, 0.05) is 24.1 Å². The van der Waals surface area contributed by atoms with Gasteiger partial charge < -0.3 is 20.1 Å². The fraction of sp³-hybridized carbons (Fsp3) is 0.286. The van der Waals surface area contributed by atoms with Crippen LogP contribution in [0.2, 0.25) is 0 Å². The molecule has 0 fully saturated rings. The van der Waals surface area contributed by atoms with Crippen LogP contribution in [0.1, 0.15) is 11.3 Å². The molecule has 2 heterocycles. The van der Waals surface area contributed by atoms with Gasteiger partial charge in [0.1, 0.15) is 5.70 Å². The van der Waals surface area contributed by atoms with E-state index in [4.69, 9.17) is 9.84 Å². The molecular formula is C21H23N3O4. The standard InChI is InChI=1S/C21H23N3O4/c1-28-21(27)18-14-24(12-13-25)20(26)19(18)23-17-9-6-15(7-10-17)5-8-16-4-2-3-11-22-16/h2-4,6-7,9-11,23,25H,5,8,12-14H2,1H3. The van der Waals surface area contributed by atoms with E-state index in [9.17, 15) is 9.59 Å². The maximum Gasteiger partial charge on any atom is 0.337 e. The number of aryl methyl sites for hydroxylation is 2. The highest BCUT2D eigenvalue weighted by molar-refractivity contribution is 6.08. The number of aliphatic hydroxyl groups excluding tert-OH is 1. The molecule has 7 nitrogen and oxygen atoms in total. The van der Waals surface area contributed by atoms with Crippen LogP contribution in [0, 0.1) is 0 Å². The number of rotatable bonds is 8. The number of anilines is 1. The molecule has 0 saturated carbocycles. The maximum atomic E-state index is 12.5. The number of hydrogen-bond donors (Lipinski definition) is 2. The first-order chi connectivity index (χ1) is 13.6. The van der Waals surface area contributed by atoms with Gasteiger partial charge in [-0.15, -0.1) is 0 Å². The summed E-state index contributed by atoms with van der Waals surface area (Å²) in [4.78, 5) is 30.3. The van der Waals surface area contributed by atoms with E-state index in [-0.39, 0.29) is 36.9 Å². The van der Waals surface area contributed by atoms with Gasteiger partial charge in [-0.25, -0.2) is 4.79 Å². The number of carbonyl (C=O) groups excluding carboxylic acids is 2. The zero-order chi connectivity index (χ0) is 19.9. The molecule has 1 aliphatic rings. The first-order valence-electron chi connectivity index (χ1n) is 9.10. The molecule has 2 N–H and O–H groups in total. The molecule has 2 aromatic rings. The lowest BCUT2D eigenvalue weighted by Gasteiger charge is -2.15. The van der Waals surface area contributed by atoms with E-state index >= 15 is 0 Å². The first-order valence-corrected chi connectivity index (χ1v) is 9.10. The number of pyridine rings is 1. The number of aliphatic hydroxyl groups is 1. The minimum Gasteiger partial charge on any atom is -0.466 e. The minimum atomic E-state index is -0.553. The molecule has 0 radical (unpaired) electrons. The summed E-state index contributed by atoms with van der Waals surface area (Å²) < 4.78 is 4.79. The summed E-state index contributed by atoms with van der Waals surface area (Å²) in [7, 11) is 1.28. The molecule has 1 aromatic carbocycles. The Morgan fingerprint density at radius 3 is 2.64 bits per heavy atom. The molecule has 0 aliphatic carbocycles. The van der Waals surface area contributed by atoms with Gasteiger partial charge in [0.15, 0.2) is 0 Å². The molecule has 0 bridgehead atoms. The lowest BCUT2D eigenvalue weighted by atomic mass is 10.1. The molecule has 1 amide bonds. The zero-order valence-electron chi connectivity index (χ0n) is 15.7. The van der Waals surface area contributed by atoms with Gasteiger partial charge in [0.25, 0.3) is 5.91 Å². The van der Waals surface area contributed by atoms with Crippen molar-refractivity contribution in [2.75, 3.05) is 32.1 Å². The molecule has 0 saturated heterocycles. The van der Waals surface area contributed by atoms with Crippen molar-refractivity contribution in [2.45, 2.75) is 12.8 Å². The topological polar surface area (TPSA) is 91.8 Å². The second kappa shape index (κ2) is 9.14. The Morgan fingerprint density at radius 2 is 2.00 bits per heavy atom. The summed E-state index contributed by atoms with van der Waals surface area (Å²) in [5, 5.41) is 12.2. The molecular weight excluding hydrogens is 358 g/mol. The van der Waals surface area contributed by atoms with Crippen LogP contribution in [0.3, 0.4) is 0 Å². The number of nitrogens with zero attached hydrogens (tertiary/aromatic N) is 2. The summed E-state index contributed by atoms with van der Waals surface area (Å²) in [6.45, 7) is 0.117. The molecule has 0 spiro atoms. The third-order valence-corrected chi connectivity index (χ3v) is 4.57. The maximum absolute atomic E-state index is 12.5. The van der Waals surface area contributed by atoms with E-state index in [0.29, 0.717) is 5.69 Å². The van der Waals surface area contributed by atoms with Crippen molar-refractivity contribution in [3.8, 4) is 0 Å². The van der Waals surface area contributed by atoms with E-state index in [0.717, 1.165) is 24.1 Å². The average Bonchev–Trinajstić information content (AvgIpc) is 3.03. The van der Waals surface area contributed by atoms with Crippen LogP contribution in [0.25, 0.3) is 0 Å². The number of esters is 1. The first kappa shape index (κ1) is 19.6. The molecule has 1 aliphatic heterocycles. The van der Waals surface area contributed by atoms with Gasteiger partial charge in [0.2, 0.25) is 0 Å². The highest BCUT2D eigenvalue weighted by Crippen LogP contribution is 2.23. The SMILES string of the molecule is COC(=O)C1=C(Nc2ccc(CCc3ccccn3)cc2)C(=O)N(CCO)C1. The Kier molecular flexibility index (Phi) is 6.39. The second-order valence-corrected chi connectivity index (χ2v) is 6.44. The van der Waals surface area contributed by atoms with Crippen LogP contribution in [0.5, 0.6) is 0 Å². The third-order valence-electron chi connectivity index (χ3n) is 4.57. The Balaban J connectivity index is 1.69. The van der Waals surface area contributed by atoms with Crippen molar-refractivity contribution in [1.82, 2.24) is 9.88 Å². The smallest absolute Gasteiger partial charge is 0.337 e. The van der Waals surface area contributed by atoms with Crippen molar-refractivity contribution in [3.63, 3.8) is 0 Å². The fourth-order valence-electron chi connectivity index (χ4n) is 3.07. The summed E-state index contributed by atoms with van der Waals surface area (Å²) >= 11 is 0. The predicted octanol–water partition coefficient (Wildman–Crippen LogP) is 1.54. The number of ether oxygens (including phenoxy) is 1. The van der Waals surface area contributed by atoms with Crippen molar-refractivity contribution >= 4 is 17.6 Å². The van der Waals surface area contributed by atoms with E-state index in [2.05, 4.69) is 10.3 Å². The summed E-state index contributed by atoms with van der Waals surface area (Å²) in [5.74, 6) is -0.878. The number of β-amino-alcohol motifs (C(OH)–C–C–N with tert-alkyl or cyclic N) is 1. The van der Waals surface area contributed by atoms with Crippen molar-refractivity contribution in [3.05, 3.63) is 71.2 Å². The van der Waals surface area contributed by atoms with Crippen LogP contribution < -0.4 is 5.32 Å². The highest BCUT2D eigenvalue weighted by Gasteiger charge is 2.34. The summed E-state index contributed by atoms with van der Waals surface area (Å²) in [6.07, 6.45) is 3.49. The van der Waals surface area contributed by atoms with E-state index in [1.165, 1.54) is 12.0 Å². The fourth-order valence-corrected chi connectivity index (χ4v) is 3.07. The van der Waals surface area contributed by atoms with Gasteiger partial charge in [-0.2, -0.15) is 0 Å². The second-order valence-electron chi connectivity index (χ2n) is 6.44. The predicted molar refractivity (Wildman–Crippen MR) is 104 cm³/mol. The van der Waals surface area contributed by atoms with Gasteiger partial charge in [-0.1, -0.05) is 18.2 Å². The van der Waals surface area contributed by atoms with Gasteiger partial charge in [-0.05, 0) is 42.7 Å². The zero-order valence-corrected chi connectivity index (χ0v) is 15.7. The monoisotopic (exact) mass is 381 g/mol.